The van der Waals surface area contributed by atoms with Crippen molar-refractivity contribution in [2.24, 2.45) is 0 Å². The van der Waals surface area contributed by atoms with E-state index >= 15 is 0 Å². The molecule has 0 atom stereocenters. The van der Waals surface area contributed by atoms with Crippen molar-refractivity contribution in [1.29, 1.82) is 0 Å². The van der Waals surface area contributed by atoms with Gasteiger partial charge >= 0.3 is 0 Å². The molecule has 0 unspecified atom stereocenters. The lowest BCUT2D eigenvalue weighted by Crippen LogP contribution is -2.16. The molecule has 0 aliphatic heterocycles. The summed E-state index contributed by atoms with van der Waals surface area (Å²) in [5.74, 6) is 0. The van der Waals surface area contributed by atoms with Crippen molar-refractivity contribution in [3.05, 3.63) is 248 Å². The molecule has 1 nitrogen and oxygen atoms in total. The molecule has 0 aliphatic carbocycles. The Morgan fingerprint density at radius 1 is 0.306 bits per heavy atom. The van der Waals surface area contributed by atoms with Crippen molar-refractivity contribution < 1.29 is 0 Å². The van der Waals surface area contributed by atoms with Crippen LogP contribution in [0.15, 0.2) is 237 Å². The topological polar surface area (TPSA) is 3.24 Å². The monoisotopic (exact) mass is 943 g/mol. The largest absolute Gasteiger partial charge is 0.310 e. The number of nitrogens with zero attached hydrogens (tertiary/aromatic N) is 1. The third-order valence-electron chi connectivity index (χ3n) is 14.6. The summed E-state index contributed by atoms with van der Waals surface area (Å²) in [6, 6.07) is 88.1. The molecule has 72 heavy (non-hydrogen) atoms. The molecule has 0 saturated carbocycles. The Kier molecular flexibility index (Phi) is 11.3. The molecular formula is C70H57NS. The van der Waals surface area contributed by atoms with E-state index in [-0.39, 0.29) is 10.8 Å². The number of para-hydroxylation sites is 1. The van der Waals surface area contributed by atoms with E-state index in [2.05, 4.69) is 283 Å². The zero-order chi connectivity index (χ0) is 49.1. The number of thiophene rings is 1. The summed E-state index contributed by atoms with van der Waals surface area (Å²) in [5.41, 5.74) is 18.1. The van der Waals surface area contributed by atoms with Crippen molar-refractivity contribution in [1.82, 2.24) is 0 Å². The number of hydrogen-bond acceptors (Lipinski definition) is 2. The molecule has 2 heteroatoms. The Hall–Kier alpha value is -8.04. The highest BCUT2D eigenvalue weighted by atomic mass is 32.1. The predicted molar refractivity (Wildman–Crippen MR) is 314 cm³/mol. The zero-order valence-electron chi connectivity index (χ0n) is 41.9. The Morgan fingerprint density at radius 2 is 0.819 bits per heavy atom. The van der Waals surface area contributed by atoms with E-state index in [1.807, 2.05) is 11.3 Å². The average Bonchev–Trinajstić information content (AvgIpc) is 3.80. The van der Waals surface area contributed by atoms with Gasteiger partial charge in [0.15, 0.2) is 0 Å². The number of rotatable bonds is 8. The van der Waals surface area contributed by atoms with Crippen LogP contribution >= 0.6 is 11.3 Å². The number of benzene rings is 11. The van der Waals surface area contributed by atoms with E-state index in [1.54, 1.807) is 0 Å². The van der Waals surface area contributed by atoms with Crippen LogP contribution in [0.5, 0.6) is 0 Å². The highest BCUT2D eigenvalue weighted by Crippen LogP contribution is 2.48. The van der Waals surface area contributed by atoms with Crippen molar-refractivity contribution in [3.8, 4) is 55.6 Å². The Bertz CT molecular complexity index is 3950. The van der Waals surface area contributed by atoms with Crippen LogP contribution in [-0.2, 0) is 10.8 Å². The molecule has 1 aromatic heterocycles. The fourth-order valence-electron chi connectivity index (χ4n) is 10.7. The lowest BCUT2D eigenvalue weighted by atomic mass is 9.78. The molecule has 0 amide bonds. The summed E-state index contributed by atoms with van der Waals surface area (Å²) in [5, 5.41) is 7.61. The van der Waals surface area contributed by atoms with Gasteiger partial charge in [-0.15, -0.1) is 11.3 Å². The molecule has 0 aliphatic rings. The fraction of sp³-hybridized carbons (Fsp3) is 0.114. The molecule has 0 fully saturated rings. The molecular weight excluding hydrogens is 887 g/mol. The van der Waals surface area contributed by atoms with Crippen LogP contribution in [0.3, 0.4) is 0 Å². The molecule has 0 bridgehead atoms. The van der Waals surface area contributed by atoms with Gasteiger partial charge < -0.3 is 4.90 Å². The second kappa shape index (κ2) is 18.0. The minimum Gasteiger partial charge on any atom is -0.310 e. The molecule has 0 radical (unpaired) electrons. The third kappa shape index (κ3) is 8.26. The maximum absolute atomic E-state index is 2.47. The van der Waals surface area contributed by atoms with Crippen LogP contribution in [0.4, 0.5) is 17.1 Å². The first-order valence-electron chi connectivity index (χ1n) is 25.2. The van der Waals surface area contributed by atoms with Crippen LogP contribution in [0, 0.1) is 0 Å². The fourth-order valence-corrected chi connectivity index (χ4v) is 11.9. The van der Waals surface area contributed by atoms with E-state index < -0.39 is 0 Å². The SMILES string of the molecule is CC(C)(C)c1cc(-c2cccc3cccc(-c4ccccc4N(c4ccc(-c5ccc(-c6cccc7ccccc67)cc5)cc4)c4cccc(-c5cccc6sc7ccccc7c56)c4)c23)cc(C(C)(C)C)c1. The maximum Gasteiger partial charge on any atom is 0.0540 e. The van der Waals surface area contributed by atoms with Crippen LogP contribution < -0.4 is 4.90 Å². The Balaban J connectivity index is 1.02. The molecule has 12 rings (SSSR count). The molecule has 0 spiro atoms. The van der Waals surface area contributed by atoms with Gasteiger partial charge in [-0.1, -0.05) is 236 Å². The first-order valence-corrected chi connectivity index (χ1v) is 26.0. The molecule has 11 aromatic carbocycles. The summed E-state index contributed by atoms with van der Waals surface area (Å²) in [4.78, 5) is 2.47. The van der Waals surface area contributed by atoms with Crippen molar-refractivity contribution in [2.75, 3.05) is 4.90 Å². The summed E-state index contributed by atoms with van der Waals surface area (Å²) in [7, 11) is 0. The molecule has 0 saturated heterocycles. The minimum atomic E-state index is -0.0103. The highest BCUT2D eigenvalue weighted by Gasteiger charge is 2.24. The molecule has 0 N–H and O–H groups in total. The first kappa shape index (κ1) is 45.1. The van der Waals surface area contributed by atoms with Gasteiger partial charge in [-0.25, -0.2) is 0 Å². The quantitative estimate of drug-likeness (QED) is 0.147. The average molecular weight is 944 g/mol. The summed E-state index contributed by atoms with van der Waals surface area (Å²) < 4.78 is 2.61. The predicted octanol–water partition coefficient (Wildman–Crippen LogP) is 20.8. The maximum atomic E-state index is 2.47. The van der Waals surface area contributed by atoms with Gasteiger partial charge in [-0.2, -0.15) is 0 Å². The summed E-state index contributed by atoms with van der Waals surface area (Å²) >= 11 is 1.87. The van der Waals surface area contributed by atoms with Gasteiger partial charge in [0.1, 0.15) is 0 Å². The zero-order valence-corrected chi connectivity index (χ0v) is 42.7. The van der Waals surface area contributed by atoms with Gasteiger partial charge in [0.2, 0.25) is 0 Å². The van der Waals surface area contributed by atoms with E-state index in [1.165, 1.54) is 108 Å². The minimum absolute atomic E-state index is 0.0103. The standard InChI is InChI=1S/C70H57NS/c1-69(2,3)53-42-52(43-54(45-53)70(4,5)6)60-28-15-20-50-21-16-30-62(67(50)60)61-25-9-11-31-64(61)71(56-23-13-22-51(44-56)59-29-17-33-66-68(59)63-26-10-12-32-65(63)72-66)55-40-38-47(39-41-55)46-34-36-49(37-35-46)58-27-14-19-48-18-7-8-24-57(48)58/h7-45H,1-6H3. The lowest BCUT2D eigenvalue weighted by Gasteiger charge is -2.29. The molecule has 12 aromatic rings. The van der Waals surface area contributed by atoms with Crippen molar-refractivity contribution >= 4 is 70.1 Å². The number of hydrogen-bond donors (Lipinski definition) is 0. The van der Waals surface area contributed by atoms with E-state index in [0.29, 0.717) is 0 Å². The third-order valence-corrected chi connectivity index (χ3v) is 15.7. The highest BCUT2D eigenvalue weighted by molar-refractivity contribution is 7.25. The first-order chi connectivity index (χ1) is 35.0. The number of fused-ring (bicyclic) bond motifs is 5. The van der Waals surface area contributed by atoms with E-state index in [0.717, 1.165) is 17.1 Å². The van der Waals surface area contributed by atoms with Crippen LogP contribution in [-0.4, -0.2) is 0 Å². The van der Waals surface area contributed by atoms with Gasteiger partial charge in [-0.05, 0) is 136 Å². The molecule has 1 heterocycles. The van der Waals surface area contributed by atoms with Gasteiger partial charge in [-0.3, -0.25) is 0 Å². The summed E-state index contributed by atoms with van der Waals surface area (Å²) in [6.07, 6.45) is 0. The second-order valence-electron chi connectivity index (χ2n) is 21.3. The van der Waals surface area contributed by atoms with E-state index in [9.17, 15) is 0 Å². The van der Waals surface area contributed by atoms with Crippen molar-refractivity contribution in [3.63, 3.8) is 0 Å². The van der Waals surface area contributed by atoms with Gasteiger partial charge in [0.05, 0.1) is 5.69 Å². The Labute approximate surface area is 428 Å². The second-order valence-corrected chi connectivity index (χ2v) is 22.4. The van der Waals surface area contributed by atoms with Crippen LogP contribution in [0.25, 0.3) is 97.4 Å². The normalized spacial score (nSPS) is 12.0. The van der Waals surface area contributed by atoms with Crippen molar-refractivity contribution in [2.45, 2.75) is 52.4 Å². The molecule has 348 valence electrons. The van der Waals surface area contributed by atoms with Crippen LogP contribution in [0.1, 0.15) is 52.7 Å². The van der Waals surface area contributed by atoms with Gasteiger partial charge in [0, 0.05) is 37.1 Å². The Morgan fingerprint density at radius 3 is 1.54 bits per heavy atom. The van der Waals surface area contributed by atoms with E-state index in [4.69, 9.17) is 0 Å². The summed E-state index contributed by atoms with van der Waals surface area (Å²) in [6.45, 7) is 13.9. The smallest absolute Gasteiger partial charge is 0.0540 e. The lowest BCUT2D eigenvalue weighted by molar-refractivity contribution is 0.569. The van der Waals surface area contributed by atoms with Crippen LogP contribution in [0.2, 0.25) is 0 Å². The van der Waals surface area contributed by atoms with Gasteiger partial charge in [0.25, 0.3) is 0 Å². The number of anilines is 3.